The molecule has 0 aromatic carbocycles. The van der Waals surface area contributed by atoms with Crippen molar-refractivity contribution in [2.75, 3.05) is 39.6 Å². The highest BCUT2D eigenvalue weighted by Gasteiger charge is 2.30. The minimum absolute atomic E-state index is 0.0984. The van der Waals surface area contributed by atoms with Crippen LogP contribution in [0.1, 0.15) is 374 Å². The molecular weight excluding hydrogens is 1280 g/mol. The van der Waals surface area contributed by atoms with E-state index in [-0.39, 0.29) is 25.7 Å². The summed E-state index contributed by atoms with van der Waals surface area (Å²) in [6, 6.07) is 0. The summed E-state index contributed by atoms with van der Waals surface area (Å²) < 4.78 is 68.6. The average Bonchev–Trinajstić information content (AvgIpc) is 1.00. The number of carbonyl (C=O) groups is 4. The van der Waals surface area contributed by atoms with Crippen molar-refractivity contribution in [1.29, 1.82) is 0 Å². The molecule has 19 heteroatoms. The van der Waals surface area contributed by atoms with E-state index in [4.69, 9.17) is 37.0 Å². The molecule has 0 aromatic rings. The smallest absolute Gasteiger partial charge is 0.462 e. The summed E-state index contributed by atoms with van der Waals surface area (Å²) in [6.45, 7) is 4.83. The Labute approximate surface area is 597 Å². The number of carbonyl (C=O) groups excluding carboxylic acids is 4. The molecule has 0 heterocycles. The Morgan fingerprint density at radius 3 is 0.816 bits per heavy atom. The van der Waals surface area contributed by atoms with Crippen molar-refractivity contribution in [3.8, 4) is 0 Å². The number of phosphoric acid groups is 2. The number of aliphatic hydroxyl groups is 1. The number of unbranched alkanes of at least 4 members (excludes halogenated alkanes) is 42. The molecule has 0 spiro atoms. The first kappa shape index (κ1) is 95.0. The quantitative estimate of drug-likeness (QED) is 0.0169. The third kappa shape index (κ3) is 71.4. The average molecular weight is 1430 g/mol. The van der Waals surface area contributed by atoms with E-state index in [2.05, 4.69) is 76.3 Å². The molecule has 3 N–H and O–H groups in total. The number of hydrogen-bond donors (Lipinski definition) is 3. The zero-order chi connectivity index (χ0) is 71.8. The monoisotopic (exact) mass is 1430 g/mol. The second-order valence-electron chi connectivity index (χ2n) is 27.0. The van der Waals surface area contributed by atoms with Crippen molar-refractivity contribution < 1.29 is 80.2 Å². The van der Waals surface area contributed by atoms with Crippen LogP contribution in [0, 0.1) is 0 Å². The van der Waals surface area contributed by atoms with Crippen molar-refractivity contribution in [3.05, 3.63) is 48.6 Å². The van der Waals surface area contributed by atoms with E-state index in [1.807, 2.05) is 0 Å². The van der Waals surface area contributed by atoms with Crippen LogP contribution in [0.15, 0.2) is 48.6 Å². The number of aliphatic hydroxyl groups excluding tert-OH is 1. The van der Waals surface area contributed by atoms with Gasteiger partial charge in [-0.1, -0.05) is 333 Å². The van der Waals surface area contributed by atoms with Crippen LogP contribution in [0.3, 0.4) is 0 Å². The van der Waals surface area contributed by atoms with Crippen LogP contribution in [0.4, 0.5) is 0 Å². The van der Waals surface area contributed by atoms with Crippen LogP contribution < -0.4 is 0 Å². The first-order valence-corrected chi connectivity index (χ1v) is 42.9. The summed E-state index contributed by atoms with van der Waals surface area (Å²) in [6.07, 6.45) is 69.5. The Hall–Kier alpha value is -2.98. The van der Waals surface area contributed by atoms with Crippen molar-refractivity contribution in [2.24, 2.45) is 0 Å². The van der Waals surface area contributed by atoms with Gasteiger partial charge in [-0.25, -0.2) is 9.13 Å². The predicted octanol–water partition coefficient (Wildman–Crippen LogP) is 22.9. The number of rotatable bonds is 76. The molecule has 0 aliphatic carbocycles. The van der Waals surface area contributed by atoms with E-state index in [1.165, 1.54) is 161 Å². The molecule has 17 nitrogen and oxygen atoms in total. The summed E-state index contributed by atoms with van der Waals surface area (Å²) in [7, 11) is -9.93. The van der Waals surface area contributed by atoms with Gasteiger partial charge in [-0.05, 0) is 64.2 Å². The van der Waals surface area contributed by atoms with Gasteiger partial charge in [0.05, 0.1) is 26.4 Å². The van der Waals surface area contributed by atoms with Gasteiger partial charge < -0.3 is 33.8 Å². The fourth-order valence-corrected chi connectivity index (χ4v) is 12.9. The van der Waals surface area contributed by atoms with Crippen molar-refractivity contribution in [1.82, 2.24) is 0 Å². The molecule has 0 rings (SSSR count). The number of esters is 4. The Bertz CT molecular complexity index is 2050. The molecular formula is C79H146O17P2. The van der Waals surface area contributed by atoms with Gasteiger partial charge in [-0.2, -0.15) is 0 Å². The lowest BCUT2D eigenvalue weighted by Crippen LogP contribution is -2.30. The van der Waals surface area contributed by atoms with E-state index in [9.17, 15) is 43.2 Å². The minimum Gasteiger partial charge on any atom is -0.462 e. The highest BCUT2D eigenvalue weighted by molar-refractivity contribution is 7.47. The zero-order valence-corrected chi connectivity index (χ0v) is 64.5. The Morgan fingerprint density at radius 1 is 0.296 bits per heavy atom. The van der Waals surface area contributed by atoms with Gasteiger partial charge in [0.25, 0.3) is 0 Å². The molecule has 0 saturated carbocycles. The number of allylic oxidation sites excluding steroid dienone is 8. The Balaban J connectivity index is 5.26. The fraction of sp³-hybridized carbons (Fsp3) is 0.848. The molecule has 0 amide bonds. The lowest BCUT2D eigenvalue weighted by atomic mass is 10.0. The maximum Gasteiger partial charge on any atom is 0.472 e. The van der Waals surface area contributed by atoms with E-state index in [0.717, 1.165) is 135 Å². The van der Waals surface area contributed by atoms with Gasteiger partial charge in [0.15, 0.2) is 12.2 Å². The predicted molar refractivity (Wildman–Crippen MR) is 400 cm³/mol. The standard InChI is InChI=1S/C79H146O17P2/c1-5-9-13-17-21-25-29-32-34-35-36-37-39-42-45-48-52-56-60-64-77(82)89-69-74(95-78(83)65-61-57-53-49-43-28-24-20-16-12-8-4)71-93-97(85,86)91-67-73(80)68-92-98(87,88)94-72-75(96-79(84)66-62-58-54-50-46-40-31-27-23-19-15-11-7-3)70-90-76(81)63-59-55-51-47-44-41-38-33-30-26-22-18-14-10-6-2/h9,13,21,25,32,34,36-37,73-75,80H,5-8,10-12,14-20,22-24,26-31,33,35,38-72H2,1-4H3,(H,85,86)(H,87,88)/b13-9-,25-21-,34-32-,37-36-. The van der Waals surface area contributed by atoms with Gasteiger partial charge in [-0.3, -0.25) is 37.3 Å². The largest absolute Gasteiger partial charge is 0.472 e. The summed E-state index contributed by atoms with van der Waals surface area (Å²) >= 11 is 0. The highest BCUT2D eigenvalue weighted by Crippen LogP contribution is 2.45. The summed E-state index contributed by atoms with van der Waals surface area (Å²) in [5, 5.41) is 10.6. The molecule has 5 unspecified atom stereocenters. The van der Waals surface area contributed by atoms with Gasteiger partial charge in [0, 0.05) is 25.7 Å². The summed E-state index contributed by atoms with van der Waals surface area (Å²) in [5.41, 5.74) is 0. The molecule has 0 aliphatic rings. The van der Waals surface area contributed by atoms with Crippen LogP contribution in [0.5, 0.6) is 0 Å². The second-order valence-corrected chi connectivity index (χ2v) is 29.9. The maximum atomic E-state index is 13.1. The van der Waals surface area contributed by atoms with Crippen molar-refractivity contribution in [3.63, 3.8) is 0 Å². The van der Waals surface area contributed by atoms with Gasteiger partial charge >= 0.3 is 39.5 Å². The summed E-state index contributed by atoms with van der Waals surface area (Å²) in [4.78, 5) is 72.9. The number of ether oxygens (including phenoxy) is 4. The van der Waals surface area contributed by atoms with E-state index >= 15 is 0 Å². The first-order valence-electron chi connectivity index (χ1n) is 39.9. The fourth-order valence-electron chi connectivity index (χ4n) is 11.3. The highest BCUT2D eigenvalue weighted by atomic mass is 31.2. The molecule has 0 aliphatic heterocycles. The van der Waals surface area contributed by atoms with Crippen LogP contribution in [-0.2, 0) is 65.4 Å². The minimum atomic E-state index is -4.97. The molecule has 0 aromatic heterocycles. The third-order valence-electron chi connectivity index (χ3n) is 17.3. The molecule has 0 radical (unpaired) electrons. The van der Waals surface area contributed by atoms with E-state index < -0.39 is 97.5 Å². The second kappa shape index (κ2) is 72.4. The van der Waals surface area contributed by atoms with Crippen LogP contribution in [-0.4, -0.2) is 96.7 Å². The van der Waals surface area contributed by atoms with Crippen molar-refractivity contribution in [2.45, 2.75) is 393 Å². The molecule has 5 atom stereocenters. The van der Waals surface area contributed by atoms with E-state index in [1.54, 1.807) is 0 Å². The molecule has 0 bridgehead atoms. The molecule has 98 heavy (non-hydrogen) atoms. The third-order valence-corrected chi connectivity index (χ3v) is 19.2. The number of hydrogen-bond acceptors (Lipinski definition) is 15. The topological polar surface area (TPSA) is 237 Å². The molecule has 0 saturated heterocycles. The molecule has 0 fully saturated rings. The van der Waals surface area contributed by atoms with Crippen LogP contribution >= 0.6 is 15.6 Å². The van der Waals surface area contributed by atoms with Gasteiger partial charge in [0.2, 0.25) is 0 Å². The van der Waals surface area contributed by atoms with Crippen LogP contribution in [0.25, 0.3) is 0 Å². The normalized spacial score (nSPS) is 14.2. The Kier molecular flexibility index (Phi) is 70.2. The molecule has 574 valence electrons. The lowest BCUT2D eigenvalue weighted by molar-refractivity contribution is -0.161. The Morgan fingerprint density at radius 2 is 0.531 bits per heavy atom. The van der Waals surface area contributed by atoms with Gasteiger partial charge in [0.1, 0.15) is 19.3 Å². The SMILES string of the molecule is CC/C=C\C/C=C\C/C=C\C/C=C\CCCCCCCCC(=O)OCC(COP(=O)(O)OCC(O)COP(=O)(O)OCC(COC(=O)CCCCCCCCCCCCCCCCC)OC(=O)CCCCCCCCCCCCCCC)OC(=O)CCCCCCCCCCCCC. The maximum absolute atomic E-state index is 13.1. The zero-order valence-electron chi connectivity index (χ0n) is 62.7. The van der Waals surface area contributed by atoms with Gasteiger partial charge in [-0.15, -0.1) is 0 Å². The summed E-state index contributed by atoms with van der Waals surface area (Å²) in [5.74, 6) is -2.14. The van der Waals surface area contributed by atoms with E-state index in [0.29, 0.717) is 25.7 Å². The first-order chi connectivity index (χ1) is 47.7. The van der Waals surface area contributed by atoms with Crippen LogP contribution in [0.2, 0.25) is 0 Å². The number of phosphoric ester groups is 2. The van der Waals surface area contributed by atoms with Crippen molar-refractivity contribution >= 4 is 39.5 Å². The lowest BCUT2D eigenvalue weighted by Gasteiger charge is -2.21.